The van der Waals surface area contributed by atoms with Crippen LogP contribution in [-0.2, 0) is 10.8 Å². The van der Waals surface area contributed by atoms with Crippen LogP contribution in [0.25, 0.3) is 0 Å². The van der Waals surface area contributed by atoms with Crippen LogP contribution in [0, 0.1) is 17.8 Å². The molecule has 4 unspecified atom stereocenters. The molecule has 2 bridgehead atoms. The molecule has 4 atom stereocenters. The highest BCUT2D eigenvalue weighted by atomic mass is 32.2. The van der Waals surface area contributed by atoms with Crippen LogP contribution in [0.15, 0.2) is 12.2 Å². The number of rotatable bonds is 5. The van der Waals surface area contributed by atoms with Crippen LogP contribution in [0.3, 0.4) is 0 Å². The van der Waals surface area contributed by atoms with Crippen molar-refractivity contribution in [3.63, 3.8) is 0 Å². The second-order valence-electron chi connectivity index (χ2n) is 4.52. The van der Waals surface area contributed by atoms with E-state index in [2.05, 4.69) is 17.5 Å². The first-order valence-corrected chi connectivity index (χ1v) is 7.17. The summed E-state index contributed by atoms with van der Waals surface area (Å²) in [4.78, 5) is 0. The first-order valence-electron chi connectivity index (χ1n) is 5.45. The van der Waals surface area contributed by atoms with E-state index in [1.807, 2.05) is 0 Å². The molecule has 14 heavy (non-hydrogen) atoms. The monoisotopic (exact) mass is 213 g/mol. The molecule has 0 spiro atoms. The Bertz CT molecular complexity index is 252. The Balaban J connectivity index is 1.63. The highest BCUT2D eigenvalue weighted by molar-refractivity contribution is 7.84. The van der Waals surface area contributed by atoms with E-state index in [0.717, 1.165) is 36.6 Å². The minimum atomic E-state index is -0.647. The molecule has 80 valence electrons. The zero-order valence-electron chi connectivity index (χ0n) is 8.74. The van der Waals surface area contributed by atoms with Crippen molar-refractivity contribution in [2.45, 2.75) is 12.8 Å². The number of fused-ring (bicyclic) bond motifs is 2. The standard InChI is InChI=1S/C11H19NOS/c1-14(13)5-4-12-8-11-7-9-2-3-10(11)6-9/h2-3,9-12H,4-8H2,1H3. The first kappa shape index (κ1) is 10.4. The van der Waals surface area contributed by atoms with Gasteiger partial charge in [0.1, 0.15) is 0 Å². The number of nitrogens with one attached hydrogen (secondary N) is 1. The lowest BCUT2D eigenvalue weighted by molar-refractivity contribution is 0.420. The van der Waals surface area contributed by atoms with E-state index in [9.17, 15) is 4.21 Å². The molecule has 2 aliphatic rings. The van der Waals surface area contributed by atoms with Gasteiger partial charge in [-0.25, -0.2) is 0 Å². The van der Waals surface area contributed by atoms with E-state index >= 15 is 0 Å². The summed E-state index contributed by atoms with van der Waals surface area (Å²) >= 11 is 0. The van der Waals surface area contributed by atoms with E-state index in [1.54, 1.807) is 6.26 Å². The second-order valence-corrected chi connectivity index (χ2v) is 6.08. The summed E-state index contributed by atoms with van der Waals surface area (Å²) in [5.41, 5.74) is 0. The molecule has 0 aliphatic heterocycles. The largest absolute Gasteiger partial charge is 0.316 e. The minimum Gasteiger partial charge on any atom is -0.316 e. The van der Waals surface area contributed by atoms with Crippen molar-refractivity contribution in [1.82, 2.24) is 5.32 Å². The fourth-order valence-electron chi connectivity index (χ4n) is 2.63. The van der Waals surface area contributed by atoms with E-state index in [4.69, 9.17) is 0 Å². The molecule has 2 aliphatic carbocycles. The minimum absolute atomic E-state index is 0.647. The molecule has 3 heteroatoms. The van der Waals surface area contributed by atoms with Gasteiger partial charge in [-0.1, -0.05) is 12.2 Å². The average Bonchev–Trinajstić information content (AvgIpc) is 2.73. The zero-order valence-corrected chi connectivity index (χ0v) is 9.56. The molecule has 0 aromatic rings. The molecule has 0 aromatic heterocycles. The Morgan fingerprint density at radius 3 is 2.86 bits per heavy atom. The molecule has 2 nitrogen and oxygen atoms in total. The molecule has 0 radical (unpaired) electrons. The van der Waals surface area contributed by atoms with Gasteiger partial charge in [0.2, 0.25) is 0 Å². The van der Waals surface area contributed by atoms with Gasteiger partial charge < -0.3 is 5.32 Å². The third kappa shape index (κ3) is 2.45. The summed E-state index contributed by atoms with van der Waals surface area (Å²) in [6.45, 7) is 2.02. The van der Waals surface area contributed by atoms with Gasteiger partial charge >= 0.3 is 0 Å². The van der Waals surface area contributed by atoms with E-state index < -0.39 is 10.8 Å². The van der Waals surface area contributed by atoms with Crippen molar-refractivity contribution in [3.8, 4) is 0 Å². The fraction of sp³-hybridized carbons (Fsp3) is 0.818. The molecule has 0 amide bonds. The molecule has 2 rings (SSSR count). The lowest BCUT2D eigenvalue weighted by Gasteiger charge is -2.18. The second kappa shape index (κ2) is 4.58. The molecule has 0 saturated heterocycles. The van der Waals surface area contributed by atoms with Crippen LogP contribution in [-0.4, -0.2) is 29.3 Å². The van der Waals surface area contributed by atoms with E-state index in [-0.39, 0.29) is 0 Å². The van der Waals surface area contributed by atoms with Crippen molar-refractivity contribution in [3.05, 3.63) is 12.2 Å². The fourth-order valence-corrected chi connectivity index (χ4v) is 3.06. The van der Waals surface area contributed by atoms with Gasteiger partial charge in [0, 0.05) is 29.4 Å². The van der Waals surface area contributed by atoms with Crippen LogP contribution in [0.4, 0.5) is 0 Å². The predicted octanol–water partition coefficient (Wildman–Crippen LogP) is 1.17. The normalized spacial score (nSPS) is 36.5. The SMILES string of the molecule is CS(=O)CCNCC1CC2C=CC1C2. The lowest BCUT2D eigenvalue weighted by Crippen LogP contribution is -2.28. The van der Waals surface area contributed by atoms with Gasteiger partial charge in [-0.05, 0) is 37.1 Å². The topological polar surface area (TPSA) is 29.1 Å². The molecule has 0 aromatic carbocycles. The van der Waals surface area contributed by atoms with Crippen LogP contribution >= 0.6 is 0 Å². The van der Waals surface area contributed by atoms with Crippen molar-refractivity contribution in [1.29, 1.82) is 0 Å². The van der Waals surface area contributed by atoms with Gasteiger partial charge in [0.15, 0.2) is 0 Å². The van der Waals surface area contributed by atoms with Crippen molar-refractivity contribution >= 4 is 10.8 Å². The Morgan fingerprint density at radius 1 is 1.43 bits per heavy atom. The lowest BCUT2D eigenvalue weighted by atomic mass is 9.94. The predicted molar refractivity (Wildman–Crippen MR) is 60.6 cm³/mol. The third-order valence-electron chi connectivity index (χ3n) is 3.39. The average molecular weight is 213 g/mol. The summed E-state index contributed by atoms with van der Waals surface area (Å²) in [6, 6.07) is 0. The van der Waals surface area contributed by atoms with Gasteiger partial charge in [0.25, 0.3) is 0 Å². The third-order valence-corrected chi connectivity index (χ3v) is 4.17. The van der Waals surface area contributed by atoms with Gasteiger partial charge in [-0.3, -0.25) is 4.21 Å². The molecule has 1 N–H and O–H groups in total. The highest BCUT2D eigenvalue weighted by Gasteiger charge is 2.34. The summed E-state index contributed by atoms with van der Waals surface area (Å²) in [5, 5.41) is 3.42. The molecular weight excluding hydrogens is 194 g/mol. The Kier molecular flexibility index (Phi) is 3.39. The van der Waals surface area contributed by atoms with Crippen LogP contribution in [0.1, 0.15) is 12.8 Å². The maximum absolute atomic E-state index is 10.8. The maximum atomic E-state index is 10.8. The Hall–Kier alpha value is -0.150. The number of hydrogen-bond acceptors (Lipinski definition) is 2. The molecule has 1 fully saturated rings. The van der Waals surface area contributed by atoms with Crippen molar-refractivity contribution < 1.29 is 4.21 Å². The summed E-state index contributed by atoms with van der Waals surface area (Å²) in [6.07, 6.45) is 9.28. The van der Waals surface area contributed by atoms with Crippen LogP contribution < -0.4 is 5.32 Å². The van der Waals surface area contributed by atoms with E-state index in [1.165, 1.54) is 12.8 Å². The maximum Gasteiger partial charge on any atom is 0.0357 e. The smallest absolute Gasteiger partial charge is 0.0357 e. The summed E-state index contributed by atoms with van der Waals surface area (Å²) in [7, 11) is -0.647. The van der Waals surface area contributed by atoms with Crippen molar-refractivity contribution in [2.75, 3.05) is 25.1 Å². The first-order chi connectivity index (χ1) is 6.75. The molecule has 0 heterocycles. The van der Waals surface area contributed by atoms with Gasteiger partial charge in [-0.15, -0.1) is 0 Å². The highest BCUT2D eigenvalue weighted by Crippen LogP contribution is 2.42. The quantitative estimate of drug-likeness (QED) is 0.548. The van der Waals surface area contributed by atoms with Gasteiger partial charge in [-0.2, -0.15) is 0 Å². The van der Waals surface area contributed by atoms with Crippen molar-refractivity contribution in [2.24, 2.45) is 17.8 Å². The summed E-state index contributed by atoms with van der Waals surface area (Å²) < 4.78 is 10.8. The Labute approximate surface area is 88.6 Å². The van der Waals surface area contributed by atoms with E-state index in [0.29, 0.717) is 0 Å². The zero-order chi connectivity index (χ0) is 9.97. The number of allylic oxidation sites excluding steroid dienone is 2. The molecule has 1 saturated carbocycles. The van der Waals surface area contributed by atoms with Gasteiger partial charge in [0.05, 0.1) is 0 Å². The van der Waals surface area contributed by atoms with Crippen LogP contribution in [0.5, 0.6) is 0 Å². The Morgan fingerprint density at radius 2 is 2.29 bits per heavy atom. The van der Waals surface area contributed by atoms with Crippen LogP contribution in [0.2, 0.25) is 0 Å². The molecular formula is C11H19NOS. The summed E-state index contributed by atoms with van der Waals surface area (Å²) in [5.74, 6) is 3.33. The number of hydrogen-bond donors (Lipinski definition) is 1.